The van der Waals surface area contributed by atoms with Gasteiger partial charge in [-0.2, -0.15) is 5.01 Å². The molecule has 0 radical (unpaired) electrons. The molecule has 6 nitrogen and oxygen atoms in total. The Morgan fingerprint density at radius 1 is 1.23 bits per heavy atom. The molecule has 0 bridgehead atoms. The van der Waals surface area contributed by atoms with E-state index in [4.69, 9.17) is 21.7 Å². The van der Waals surface area contributed by atoms with Crippen LogP contribution in [0.2, 0.25) is 0 Å². The molecule has 9 heteroatoms. The van der Waals surface area contributed by atoms with Gasteiger partial charge in [0.2, 0.25) is 0 Å². The number of hydrazine groups is 1. The van der Waals surface area contributed by atoms with Crippen LogP contribution in [0.15, 0.2) is 51.8 Å². The maximum atomic E-state index is 12.9. The lowest BCUT2D eigenvalue weighted by Gasteiger charge is -2.15. The van der Waals surface area contributed by atoms with Gasteiger partial charge >= 0.3 is 0 Å². The number of rotatable bonds is 8. The molecule has 3 rings (SSSR count). The highest BCUT2D eigenvalue weighted by atomic mass is 79.9. The van der Waals surface area contributed by atoms with Crippen LogP contribution in [0.25, 0.3) is 6.08 Å². The molecule has 162 valence electrons. The summed E-state index contributed by atoms with van der Waals surface area (Å²) in [5.41, 5.74) is 3.76. The van der Waals surface area contributed by atoms with Gasteiger partial charge in [0.05, 0.1) is 22.6 Å². The summed E-state index contributed by atoms with van der Waals surface area (Å²) in [5.74, 6) is 0.421. The molecule has 1 fully saturated rings. The molecular weight excluding hydrogens is 500 g/mol. The van der Waals surface area contributed by atoms with Crippen molar-refractivity contribution in [3.63, 3.8) is 0 Å². The van der Waals surface area contributed by atoms with Gasteiger partial charge in [-0.25, -0.2) is 0 Å². The molecule has 1 saturated heterocycles. The predicted octanol–water partition coefficient (Wildman–Crippen LogP) is 5.18. The number of amides is 2. The summed E-state index contributed by atoms with van der Waals surface area (Å²) < 4.78 is 12.5. The number of carbonyl (C=O) groups is 2. The zero-order chi connectivity index (χ0) is 22.4. The Kier molecular flexibility index (Phi) is 8.11. The van der Waals surface area contributed by atoms with Gasteiger partial charge < -0.3 is 9.47 Å². The zero-order valence-electron chi connectivity index (χ0n) is 17.0. The number of benzene rings is 2. The molecule has 2 aromatic rings. The molecule has 1 N–H and O–H groups in total. The lowest BCUT2D eigenvalue weighted by atomic mass is 10.2. The van der Waals surface area contributed by atoms with E-state index in [0.717, 1.165) is 33.2 Å². The summed E-state index contributed by atoms with van der Waals surface area (Å²) in [6.07, 6.45) is 2.59. The van der Waals surface area contributed by atoms with Crippen LogP contribution in [0.3, 0.4) is 0 Å². The molecule has 0 atom stereocenters. The van der Waals surface area contributed by atoms with Gasteiger partial charge in [-0.1, -0.05) is 36.9 Å². The van der Waals surface area contributed by atoms with E-state index >= 15 is 0 Å². The number of nitrogens with zero attached hydrogens (tertiary/aromatic N) is 1. The molecule has 31 heavy (non-hydrogen) atoms. The fourth-order valence-electron chi connectivity index (χ4n) is 2.75. The van der Waals surface area contributed by atoms with Crippen molar-refractivity contribution < 1.29 is 19.1 Å². The summed E-state index contributed by atoms with van der Waals surface area (Å²) in [4.78, 5) is 25.7. The number of carbonyl (C=O) groups excluding carboxylic acids is 2. The van der Waals surface area contributed by atoms with E-state index in [2.05, 4.69) is 21.4 Å². The summed E-state index contributed by atoms with van der Waals surface area (Å²) in [5, 5.41) is 1.10. The third-order valence-electron chi connectivity index (χ3n) is 4.12. The van der Waals surface area contributed by atoms with Gasteiger partial charge in [-0.15, -0.1) is 0 Å². The van der Waals surface area contributed by atoms with Crippen molar-refractivity contribution in [2.75, 3.05) is 13.2 Å². The average molecular weight is 521 g/mol. The topological polar surface area (TPSA) is 67.9 Å². The maximum absolute atomic E-state index is 12.9. The zero-order valence-corrected chi connectivity index (χ0v) is 20.2. The third-order valence-corrected chi connectivity index (χ3v) is 6.01. The lowest BCUT2D eigenvalue weighted by Crippen LogP contribution is -2.44. The Bertz CT molecular complexity index is 1030. The fourth-order valence-corrected chi connectivity index (χ4v) is 4.50. The summed E-state index contributed by atoms with van der Waals surface area (Å²) in [7, 11) is 0. The number of thioether (sulfide) groups is 1. The first-order valence-electron chi connectivity index (χ1n) is 9.67. The summed E-state index contributed by atoms with van der Waals surface area (Å²) in [6, 6.07) is 12.3. The van der Waals surface area contributed by atoms with E-state index in [1.54, 1.807) is 30.3 Å². The van der Waals surface area contributed by atoms with Gasteiger partial charge in [0.25, 0.3) is 11.8 Å². The first-order valence-corrected chi connectivity index (χ1v) is 11.7. The smallest absolute Gasteiger partial charge is 0.285 e. The Balaban J connectivity index is 1.82. The summed E-state index contributed by atoms with van der Waals surface area (Å²) >= 11 is 9.95. The van der Waals surface area contributed by atoms with Crippen molar-refractivity contribution in [2.24, 2.45) is 0 Å². The number of ether oxygens (including phenoxy) is 2. The van der Waals surface area contributed by atoms with Crippen molar-refractivity contribution in [3.8, 4) is 11.5 Å². The maximum Gasteiger partial charge on any atom is 0.285 e. The van der Waals surface area contributed by atoms with E-state index in [0.29, 0.717) is 35.2 Å². The van der Waals surface area contributed by atoms with Crippen LogP contribution < -0.4 is 14.9 Å². The van der Waals surface area contributed by atoms with Crippen molar-refractivity contribution in [1.82, 2.24) is 10.4 Å². The molecule has 1 heterocycles. The van der Waals surface area contributed by atoms with Gasteiger partial charge in [-0.3, -0.25) is 15.0 Å². The number of hydrogen-bond acceptors (Lipinski definition) is 6. The minimum absolute atomic E-state index is 0.257. The quantitative estimate of drug-likeness (QED) is 0.381. The normalized spacial score (nSPS) is 14.8. The second-order valence-electron chi connectivity index (χ2n) is 6.44. The Hall–Kier alpha value is -2.36. The Labute approximate surface area is 199 Å². The minimum atomic E-state index is -0.406. The van der Waals surface area contributed by atoms with Crippen molar-refractivity contribution in [2.45, 2.75) is 20.3 Å². The largest absolute Gasteiger partial charge is 0.490 e. The third kappa shape index (κ3) is 5.66. The number of thiocarbonyl (C=S) groups is 1. The first-order chi connectivity index (χ1) is 14.9. The predicted molar refractivity (Wildman–Crippen MR) is 130 cm³/mol. The molecule has 0 spiro atoms. The van der Waals surface area contributed by atoms with Crippen molar-refractivity contribution in [1.29, 1.82) is 0 Å². The van der Waals surface area contributed by atoms with E-state index in [-0.39, 0.29) is 10.2 Å². The number of nitrogens with one attached hydrogen (secondary N) is 1. The summed E-state index contributed by atoms with van der Waals surface area (Å²) in [6.45, 7) is 4.97. The molecule has 1 aliphatic heterocycles. The van der Waals surface area contributed by atoms with Crippen LogP contribution in [0.1, 0.15) is 36.2 Å². The second kappa shape index (κ2) is 10.8. The SMILES string of the molecule is CCCOc1c(Br)cc(/C=C2\SC(=S)N(NC(=O)c3ccccc3)C2=O)cc1OCC. The Morgan fingerprint density at radius 3 is 2.65 bits per heavy atom. The number of halogens is 1. The molecule has 2 aromatic carbocycles. The fraction of sp³-hybridized carbons (Fsp3) is 0.227. The van der Waals surface area contributed by atoms with E-state index < -0.39 is 5.91 Å². The highest BCUT2D eigenvalue weighted by molar-refractivity contribution is 9.10. The van der Waals surface area contributed by atoms with Gasteiger partial charge in [0, 0.05) is 5.56 Å². The van der Waals surface area contributed by atoms with E-state index in [1.165, 1.54) is 0 Å². The molecule has 2 amide bonds. The highest BCUT2D eigenvalue weighted by Gasteiger charge is 2.34. The monoisotopic (exact) mass is 520 g/mol. The second-order valence-corrected chi connectivity index (χ2v) is 8.97. The van der Waals surface area contributed by atoms with Crippen LogP contribution in [0.5, 0.6) is 11.5 Å². The molecule has 0 aliphatic carbocycles. The van der Waals surface area contributed by atoms with Gasteiger partial charge in [0.1, 0.15) is 0 Å². The average Bonchev–Trinajstić information content (AvgIpc) is 3.01. The lowest BCUT2D eigenvalue weighted by molar-refractivity contribution is -0.123. The minimum Gasteiger partial charge on any atom is -0.490 e. The van der Waals surface area contributed by atoms with Crippen LogP contribution >= 0.6 is 39.9 Å². The molecule has 0 aromatic heterocycles. The molecule has 0 saturated carbocycles. The van der Waals surface area contributed by atoms with Crippen LogP contribution in [-0.4, -0.2) is 34.4 Å². The molecule has 1 aliphatic rings. The van der Waals surface area contributed by atoms with Crippen molar-refractivity contribution in [3.05, 3.63) is 63.0 Å². The van der Waals surface area contributed by atoms with Crippen molar-refractivity contribution >= 4 is 62.1 Å². The van der Waals surface area contributed by atoms with Crippen LogP contribution in [-0.2, 0) is 4.79 Å². The van der Waals surface area contributed by atoms with Crippen LogP contribution in [0.4, 0.5) is 0 Å². The van der Waals surface area contributed by atoms with E-state index in [9.17, 15) is 9.59 Å². The van der Waals surface area contributed by atoms with Crippen LogP contribution in [0, 0.1) is 0 Å². The Morgan fingerprint density at radius 2 is 1.97 bits per heavy atom. The number of hydrogen-bond donors (Lipinski definition) is 1. The van der Waals surface area contributed by atoms with Gasteiger partial charge in [-0.05, 0) is 77.4 Å². The van der Waals surface area contributed by atoms with E-state index in [1.807, 2.05) is 32.0 Å². The standard InChI is InChI=1S/C22H21BrN2O4S2/c1-3-10-29-19-16(23)11-14(12-17(19)28-4-2)13-18-21(27)25(22(30)31-18)24-20(26)15-8-6-5-7-9-15/h5-9,11-13H,3-4,10H2,1-2H3,(H,24,26)/b18-13-. The molecule has 0 unspecified atom stereocenters. The first kappa shape index (κ1) is 23.3. The van der Waals surface area contributed by atoms with Gasteiger partial charge in [0.15, 0.2) is 15.8 Å². The highest BCUT2D eigenvalue weighted by Crippen LogP contribution is 2.39. The molecular formula is C22H21BrN2O4S2.